The highest BCUT2D eigenvalue weighted by Gasteiger charge is 2.47. The maximum absolute atomic E-state index is 6.97. The van der Waals surface area contributed by atoms with E-state index < -0.39 is 5.41 Å². The number of rotatable bonds is 6. The predicted octanol–water partition coefficient (Wildman–Crippen LogP) is 11.4. The molecular formula is C37H24Cl4N2O2. The molecular weight excluding hydrogens is 646 g/mol. The van der Waals surface area contributed by atoms with E-state index in [1.807, 2.05) is 48.5 Å². The third kappa shape index (κ3) is 5.04. The molecule has 1 aliphatic rings. The van der Waals surface area contributed by atoms with Crippen molar-refractivity contribution < 1.29 is 9.47 Å². The summed E-state index contributed by atoms with van der Waals surface area (Å²) in [5.74, 6) is 1.79. The second-order valence-electron chi connectivity index (χ2n) is 10.7. The van der Waals surface area contributed by atoms with Crippen molar-refractivity contribution in [2.75, 3.05) is 11.5 Å². The fourth-order valence-corrected chi connectivity index (χ4v) is 7.21. The molecule has 6 aromatic carbocycles. The van der Waals surface area contributed by atoms with Crippen LogP contribution in [0.3, 0.4) is 0 Å². The van der Waals surface area contributed by atoms with Crippen LogP contribution in [0.5, 0.6) is 23.0 Å². The first-order valence-electron chi connectivity index (χ1n) is 14.0. The summed E-state index contributed by atoms with van der Waals surface area (Å²) in [6.07, 6.45) is 0. The van der Waals surface area contributed by atoms with Crippen LogP contribution < -0.4 is 20.9 Å². The number of nitrogen functional groups attached to an aromatic ring is 2. The molecule has 0 radical (unpaired) electrons. The first kappa shape index (κ1) is 29.4. The SMILES string of the molecule is Nc1ccc(Oc2c(Cl)cc(C3(c4cc(Cl)c(Oc5ccc(N)cc5)c(Cl)c4)c4ccccc4-c4ccccc43)cc2Cl)cc1. The lowest BCUT2D eigenvalue weighted by Gasteiger charge is -2.35. The van der Waals surface area contributed by atoms with Crippen LogP contribution in [0.15, 0.2) is 121 Å². The van der Waals surface area contributed by atoms with Gasteiger partial charge in [0.25, 0.3) is 0 Å². The van der Waals surface area contributed by atoms with Crippen molar-refractivity contribution in [3.63, 3.8) is 0 Å². The fourth-order valence-electron chi connectivity index (χ4n) is 6.08. The zero-order valence-electron chi connectivity index (χ0n) is 23.5. The number of nitrogens with two attached hydrogens (primary N) is 2. The molecule has 8 heteroatoms. The molecule has 0 atom stereocenters. The molecule has 45 heavy (non-hydrogen) atoms. The topological polar surface area (TPSA) is 70.5 Å². The van der Waals surface area contributed by atoms with Gasteiger partial charge in [-0.2, -0.15) is 0 Å². The Morgan fingerprint density at radius 3 is 1.13 bits per heavy atom. The average Bonchev–Trinajstić information content (AvgIpc) is 3.34. The molecule has 0 aromatic heterocycles. The van der Waals surface area contributed by atoms with Crippen molar-refractivity contribution in [3.8, 4) is 34.1 Å². The number of benzene rings is 6. The van der Waals surface area contributed by atoms with E-state index in [9.17, 15) is 0 Å². The molecule has 4 N–H and O–H groups in total. The monoisotopic (exact) mass is 668 g/mol. The molecule has 0 bridgehead atoms. The molecule has 0 spiro atoms. The summed E-state index contributed by atoms with van der Waals surface area (Å²) < 4.78 is 12.2. The summed E-state index contributed by atoms with van der Waals surface area (Å²) in [4.78, 5) is 0. The molecule has 0 aliphatic heterocycles. The van der Waals surface area contributed by atoms with Gasteiger partial charge in [0.2, 0.25) is 0 Å². The minimum Gasteiger partial charge on any atom is -0.454 e. The van der Waals surface area contributed by atoms with E-state index in [4.69, 9.17) is 67.3 Å². The Hall–Kier alpha value is -4.32. The average molecular weight is 670 g/mol. The minimum atomic E-state index is -0.882. The molecule has 0 fully saturated rings. The van der Waals surface area contributed by atoms with E-state index >= 15 is 0 Å². The molecule has 0 saturated carbocycles. The van der Waals surface area contributed by atoms with E-state index in [0.29, 0.717) is 54.5 Å². The van der Waals surface area contributed by atoms with Gasteiger partial charge in [-0.25, -0.2) is 0 Å². The second-order valence-corrected chi connectivity index (χ2v) is 12.4. The van der Waals surface area contributed by atoms with Gasteiger partial charge in [-0.1, -0.05) is 94.9 Å². The van der Waals surface area contributed by atoms with Gasteiger partial charge in [0.15, 0.2) is 11.5 Å². The summed E-state index contributed by atoms with van der Waals surface area (Å²) in [5.41, 5.74) is 17.9. The Morgan fingerprint density at radius 1 is 0.444 bits per heavy atom. The molecule has 4 nitrogen and oxygen atoms in total. The second kappa shape index (κ2) is 11.6. The molecule has 1 aliphatic carbocycles. The Morgan fingerprint density at radius 2 is 0.778 bits per heavy atom. The Kier molecular flexibility index (Phi) is 7.55. The van der Waals surface area contributed by atoms with Crippen molar-refractivity contribution in [1.29, 1.82) is 0 Å². The molecule has 0 unspecified atom stereocenters. The summed E-state index contributed by atoms with van der Waals surface area (Å²) in [6, 6.07) is 38.1. The van der Waals surface area contributed by atoms with Crippen LogP contribution in [-0.2, 0) is 5.41 Å². The summed E-state index contributed by atoms with van der Waals surface area (Å²) >= 11 is 27.9. The Bertz CT molecular complexity index is 1880. The van der Waals surface area contributed by atoms with Crippen molar-refractivity contribution >= 4 is 57.8 Å². The van der Waals surface area contributed by atoms with Gasteiger partial charge in [0, 0.05) is 11.4 Å². The number of ether oxygens (including phenoxy) is 2. The van der Waals surface area contributed by atoms with Crippen LogP contribution in [0.1, 0.15) is 22.3 Å². The highest BCUT2D eigenvalue weighted by atomic mass is 35.5. The van der Waals surface area contributed by atoms with Crippen LogP contribution >= 0.6 is 46.4 Å². The van der Waals surface area contributed by atoms with Crippen molar-refractivity contribution in [1.82, 2.24) is 0 Å². The maximum Gasteiger partial charge on any atom is 0.164 e. The maximum atomic E-state index is 6.97. The van der Waals surface area contributed by atoms with E-state index in [1.165, 1.54) is 0 Å². The van der Waals surface area contributed by atoms with Gasteiger partial charge in [-0.15, -0.1) is 0 Å². The molecule has 0 heterocycles. The van der Waals surface area contributed by atoms with Gasteiger partial charge >= 0.3 is 0 Å². The Balaban J connectivity index is 1.44. The molecule has 0 saturated heterocycles. The summed E-state index contributed by atoms with van der Waals surface area (Å²) in [7, 11) is 0. The van der Waals surface area contributed by atoms with Crippen molar-refractivity contribution in [3.05, 3.63) is 164 Å². The predicted molar refractivity (Wildman–Crippen MR) is 186 cm³/mol. The molecule has 0 amide bonds. The number of halogens is 4. The highest BCUT2D eigenvalue weighted by Crippen LogP contribution is 2.58. The first-order valence-corrected chi connectivity index (χ1v) is 15.5. The smallest absolute Gasteiger partial charge is 0.164 e. The van der Waals surface area contributed by atoms with Crippen LogP contribution in [0.2, 0.25) is 20.1 Å². The normalized spacial score (nSPS) is 12.8. The van der Waals surface area contributed by atoms with Crippen LogP contribution in [0.25, 0.3) is 11.1 Å². The minimum absolute atomic E-state index is 0.338. The summed E-state index contributed by atoms with van der Waals surface area (Å²) in [5, 5.41) is 1.37. The number of hydrogen-bond donors (Lipinski definition) is 2. The van der Waals surface area contributed by atoms with E-state index in [2.05, 4.69) is 24.3 Å². The number of fused-ring (bicyclic) bond motifs is 3. The van der Waals surface area contributed by atoms with Gasteiger partial charge in [-0.3, -0.25) is 0 Å². The molecule has 6 aromatic rings. The zero-order chi connectivity index (χ0) is 31.3. The zero-order valence-corrected chi connectivity index (χ0v) is 26.6. The van der Waals surface area contributed by atoms with E-state index in [1.54, 1.807) is 48.5 Å². The third-order valence-corrected chi connectivity index (χ3v) is 9.14. The lowest BCUT2D eigenvalue weighted by atomic mass is 9.67. The van der Waals surface area contributed by atoms with Crippen LogP contribution in [0, 0.1) is 0 Å². The Labute approximate surface area is 280 Å². The van der Waals surface area contributed by atoms with Crippen LogP contribution in [-0.4, -0.2) is 0 Å². The largest absolute Gasteiger partial charge is 0.454 e. The van der Waals surface area contributed by atoms with Crippen molar-refractivity contribution in [2.45, 2.75) is 5.41 Å². The highest BCUT2D eigenvalue weighted by molar-refractivity contribution is 6.38. The van der Waals surface area contributed by atoms with Gasteiger partial charge in [0.1, 0.15) is 11.5 Å². The summed E-state index contributed by atoms with van der Waals surface area (Å²) in [6.45, 7) is 0. The number of anilines is 2. The third-order valence-electron chi connectivity index (χ3n) is 8.01. The van der Waals surface area contributed by atoms with Crippen molar-refractivity contribution in [2.24, 2.45) is 0 Å². The van der Waals surface area contributed by atoms with E-state index in [-0.39, 0.29) is 0 Å². The first-order chi connectivity index (χ1) is 21.8. The van der Waals surface area contributed by atoms with Gasteiger partial charge < -0.3 is 20.9 Å². The number of hydrogen-bond acceptors (Lipinski definition) is 4. The van der Waals surface area contributed by atoms with E-state index in [0.717, 1.165) is 33.4 Å². The fraction of sp³-hybridized carbons (Fsp3) is 0.0270. The molecule has 7 rings (SSSR count). The lowest BCUT2D eigenvalue weighted by molar-refractivity contribution is 0.482. The lowest BCUT2D eigenvalue weighted by Crippen LogP contribution is -2.28. The van der Waals surface area contributed by atoms with Gasteiger partial charge in [-0.05, 0) is 106 Å². The van der Waals surface area contributed by atoms with Gasteiger partial charge in [0.05, 0.1) is 25.5 Å². The quantitative estimate of drug-likeness (QED) is 0.173. The molecule has 222 valence electrons. The van der Waals surface area contributed by atoms with Crippen LogP contribution in [0.4, 0.5) is 11.4 Å². The standard InChI is InChI=1S/C37H24Cl4N2O2/c38-31-17-21(18-32(39)35(31)44-25-13-9-23(42)10-14-25)37(29-7-3-1-5-27(29)28-6-2-4-8-30(28)37)22-19-33(40)36(34(41)20-22)45-26-15-11-24(43)12-16-26/h1-20H,42-43H2.